The Kier molecular flexibility index (Phi) is 4.78. The molecule has 0 aromatic rings. The molecule has 0 aliphatic heterocycles. The number of nitrogens with one attached hydrogen (secondary N) is 1. The van der Waals surface area contributed by atoms with Gasteiger partial charge in [0.05, 0.1) is 5.54 Å². The van der Waals surface area contributed by atoms with E-state index in [2.05, 4.69) is 26.1 Å². The maximum Gasteiger partial charge on any atom is 0.240 e. The van der Waals surface area contributed by atoms with Crippen molar-refractivity contribution in [3.8, 4) is 0 Å². The summed E-state index contributed by atoms with van der Waals surface area (Å²) in [6, 6.07) is 0.354. The summed E-state index contributed by atoms with van der Waals surface area (Å²) in [6.45, 7) is 7.04. The van der Waals surface area contributed by atoms with E-state index < -0.39 is 5.54 Å². The van der Waals surface area contributed by atoms with Gasteiger partial charge in [-0.25, -0.2) is 0 Å². The maximum atomic E-state index is 12.3. The van der Waals surface area contributed by atoms with Crippen LogP contribution in [0.2, 0.25) is 0 Å². The van der Waals surface area contributed by atoms with Gasteiger partial charge in [0.2, 0.25) is 5.91 Å². The van der Waals surface area contributed by atoms with Crippen molar-refractivity contribution in [2.45, 2.75) is 90.1 Å². The van der Waals surface area contributed by atoms with E-state index in [4.69, 9.17) is 5.73 Å². The molecule has 2 rings (SSSR count). The van der Waals surface area contributed by atoms with Crippen LogP contribution in [0.5, 0.6) is 0 Å². The van der Waals surface area contributed by atoms with Crippen LogP contribution in [0.15, 0.2) is 0 Å². The van der Waals surface area contributed by atoms with Gasteiger partial charge in [0, 0.05) is 6.04 Å². The van der Waals surface area contributed by atoms with Gasteiger partial charge in [-0.05, 0) is 49.9 Å². The molecule has 0 spiro atoms. The fraction of sp³-hybridized carbons (Fsp3) is 0.941. The average molecular weight is 280 g/mol. The molecule has 116 valence electrons. The smallest absolute Gasteiger partial charge is 0.240 e. The molecule has 3 N–H and O–H groups in total. The Labute approximate surface area is 124 Å². The summed E-state index contributed by atoms with van der Waals surface area (Å²) in [5.74, 6) is 0.909. The Morgan fingerprint density at radius 3 is 2.25 bits per heavy atom. The van der Waals surface area contributed by atoms with Gasteiger partial charge in [0.1, 0.15) is 0 Å². The lowest BCUT2D eigenvalue weighted by Gasteiger charge is -2.39. The molecular weight excluding hydrogens is 248 g/mol. The molecule has 0 aromatic carbocycles. The Morgan fingerprint density at radius 2 is 1.75 bits per heavy atom. The number of hydrogen-bond acceptors (Lipinski definition) is 2. The molecular formula is C17H32N2O. The summed E-state index contributed by atoms with van der Waals surface area (Å²) >= 11 is 0. The van der Waals surface area contributed by atoms with E-state index >= 15 is 0 Å². The van der Waals surface area contributed by atoms with E-state index in [0.717, 1.165) is 44.4 Å². The van der Waals surface area contributed by atoms with E-state index in [-0.39, 0.29) is 5.91 Å². The van der Waals surface area contributed by atoms with Crippen LogP contribution in [-0.4, -0.2) is 17.5 Å². The standard InChI is InChI=1S/C17H32N2O/c1-4-16(2,3)13-7-9-14(10-8-13)19-15(20)17(18)11-5-6-12-17/h13-14H,4-12,18H2,1-3H3,(H,19,20). The highest BCUT2D eigenvalue weighted by molar-refractivity contribution is 5.86. The molecule has 0 radical (unpaired) electrons. The van der Waals surface area contributed by atoms with Crippen LogP contribution in [0.1, 0.15) is 78.6 Å². The third kappa shape index (κ3) is 3.36. The van der Waals surface area contributed by atoms with Crippen molar-refractivity contribution in [2.75, 3.05) is 0 Å². The number of nitrogens with two attached hydrogens (primary N) is 1. The highest BCUT2D eigenvalue weighted by atomic mass is 16.2. The van der Waals surface area contributed by atoms with E-state index in [1.165, 1.54) is 19.3 Å². The molecule has 0 saturated heterocycles. The second-order valence-electron chi connectivity index (χ2n) is 7.73. The largest absolute Gasteiger partial charge is 0.352 e. The average Bonchev–Trinajstić information content (AvgIpc) is 2.88. The minimum Gasteiger partial charge on any atom is -0.352 e. The molecule has 2 aliphatic carbocycles. The van der Waals surface area contributed by atoms with Crippen molar-refractivity contribution in [2.24, 2.45) is 17.1 Å². The molecule has 0 bridgehead atoms. The molecule has 2 saturated carbocycles. The van der Waals surface area contributed by atoms with Crippen LogP contribution in [0, 0.1) is 11.3 Å². The lowest BCUT2D eigenvalue weighted by Crippen LogP contribution is -2.55. The van der Waals surface area contributed by atoms with Crippen molar-refractivity contribution < 1.29 is 4.79 Å². The molecule has 3 nitrogen and oxygen atoms in total. The predicted octanol–water partition coefficient (Wildman–Crippen LogP) is 3.37. The van der Waals surface area contributed by atoms with E-state index in [1.807, 2.05) is 0 Å². The zero-order valence-electron chi connectivity index (χ0n) is 13.5. The quantitative estimate of drug-likeness (QED) is 0.829. The SMILES string of the molecule is CCC(C)(C)C1CCC(NC(=O)C2(N)CCCC2)CC1. The molecule has 0 aromatic heterocycles. The Morgan fingerprint density at radius 1 is 1.20 bits per heavy atom. The number of hydrogen-bond donors (Lipinski definition) is 2. The summed E-state index contributed by atoms with van der Waals surface area (Å²) < 4.78 is 0. The van der Waals surface area contributed by atoms with Crippen LogP contribution < -0.4 is 11.1 Å². The third-order valence-corrected chi connectivity index (χ3v) is 6.03. The van der Waals surface area contributed by atoms with Crippen molar-refractivity contribution >= 4 is 5.91 Å². The van der Waals surface area contributed by atoms with Gasteiger partial charge < -0.3 is 11.1 Å². The van der Waals surface area contributed by atoms with Gasteiger partial charge in [0.25, 0.3) is 0 Å². The van der Waals surface area contributed by atoms with Crippen LogP contribution in [-0.2, 0) is 4.79 Å². The summed E-state index contributed by atoms with van der Waals surface area (Å²) in [6.07, 6.45) is 9.87. The summed E-state index contributed by atoms with van der Waals surface area (Å²) in [7, 11) is 0. The fourth-order valence-electron chi connectivity index (χ4n) is 3.87. The number of carbonyl (C=O) groups is 1. The summed E-state index contributed by atoms with van der Waals surface area (Å²) in [4.78, 5) is 12.3. The van der Waals surface area contributed by atoms with Crippen LogP contribution in [0.3, 0.4) is 0 Å². The third-order valence-electron chi connectivity index (χ3n) is 6.03. The second-order valence-corrected chi connectivity index (χ2v) is 7.73. The van der Waals surface area contributed by atoms with E-state index in [9.17, 15) is 4.79 Å². The molecule has 0 unspecified atom stereocenters. The Hall–Kier alpha value is -0.570. The zero-order chi connectivity index (χ0) is 14.8. The topological polar surface area (TPSA) is 55.1 Å². The van der Waals surface area contributed by atoms with Crippen molar-refractivity contribution in [1.82, 2.24) is 5.32 Å². The highest BCUT2D eigenvalue weighted by Crippen LogP contribution is 2.40. The van der Waals surface area contributed by atoms with E-state index in [0.29, 0.717) is 11.5 Å². The van der Waals surface area contributed by atoms with E-state index in [1.54, 1.807) is 0 Å². The lowest BCUT2D eigenvalue weighted by molar-refractivity contribution is -0.127. The summed E-state index contributed by atoms with van der Waals surface area (Å²) in [5, 5.41) is 3.23. The second kappa shape index (κ2) is 6.05. The van der Waals surface area contributed by atoms with Gasteiger partial charge in [-0.1, -0.05) is 40.0 Å². The Bertz CT molecular complexity index is 337. The first-order valence-corrected chi connectivity index (χ1v) is 8.47. The first-order chi connectivity index (χ1) is 9.37. The van der Waals surface area contributed by atoms with Gasteiger partial charge >= 0.3 is 0 Å². The van der Waals surface area contributed by atoms with Crippen molar-refractivity contribution in [3.63, 3.8) is 0 Å². The van der Waals surface area contributed by atoms with Crippen LogP contribution in [0.25, 0.3) is 0 Å². The zero-order valence-corrected chi connectivity index (χ0v) is 13.5. The van der Waals surface area contributed by atoms with Gasteiger partial charge in [-0.3, -0.25) is 4.79 Å². The highest BCUT2D eigenvalue weighted by Gasteiger charge is 2.39. The molecule has 1 amide bonds. The molecule has 20 heavy (non-hydrogen) atoms. The number of rotatable bonds is 4. The molecule has 0 atom stereocenters. The van der Waals surface area contributed by atoms with Gasteiger partial charge in [0.15, 0.2) is 0 Å². The molecule has 2 aliphatic rings. The predicted molar refractivity (Wildman–Crippen MR) is 83.3 cm³/mol. The monoisotopic (exact) mass is 280 g/mol. The van der Waals surface area contributed by atoms with Gasteiger partial charge in [-0.15, -0.1) is 0 Å². The van der Waals surface area contributed by atoms with Gasteiger partial charge in [-0.2, -0.15) is 0 Å². The minimum atomic E-state index is -0.570. The Balaban J connectivity index is 1.81. The molecule has 0 heterocycles. The maximum absolute atomic E-state index is 12.3. The first kappa shape index (κ1) is 15.8. The van der Waals surface area contributed by atoms with Crippen molar-refractivity contribution in [3.05, 3.63) is 0 Å². The summed E-state index contributed by atoms with van der Waals surface area (Å²) in [5.41, 5.74) is 6.10. The first-order valence-electron chi connectivity index (χ1n) is 8.47. The minimum absolute atomic E-state index is 0.105. The number of amides is 1. The van der Waals surface area contributed by atoms with Crippen molar-refractivity contribution in [1.29, 1.82) is 0 Å². The van der Waals surface area contributed by atoms with Crippen LogP contribution in [0.4, 0.5) is 0 Å². The van der Waals surface area contributed by atoms with Crippen LogP contribution >= 0.6 is 0 Å². The molecule has 2 fully saturated rings. The normalized spacial score (nSPS) is 30.2. The molecule has 3 heteroatoms. The number of carbonyl (C=O) groups excluding carboxylic acids is 1. The fourth-order valence-corrected chi connectivity index (χ4v) is 3.87. The lowest BCUT2D eigenvalue weighted by atomic mass is 9.69.